The average Bonchev–Trinajstić information content (AvgIpc) is 1.95. The molecule has 0 bridgehead atoms. The van der Waals surface area contributed by atoms with Gasteiger partial charge in [-0.2, -0.15) is 0 Å². The van der Waals surface area contributed by atoms with Gasteiger partial charge in [-0.05, 0) is 18.6 Å². The largest absolute Gasteiger partial charge is 0.371 e. The lowest BCUT2D eigenvalue weighted by molar-refractivity contribution is 0.616. The van der Waals surface area contributed by atoms with Gasteiger partial charge in [0.1, 0.15) is 0 Å². The van der Waals surface area contributed by atoms with Crippen molar-refractivity contribution in [1.29, 1.82) is 0 Å². The highest BCUT2D eigenvalue weighted by Crippen LogP contribution is 2.12. The maximum Gasteiger partial charge on any atom is 0.168 e. The summed E-state index contributed by atoms with van der Waals surface area (Å²) < 4.78 is 12.9. The van der Waals surface area contributed by atoms with Gasteiger partial charge in [0.15, 0.2) is 11.6 Å². The molecule has 54 valence electrons. The number of nitrogens with zero attached hydrogens (tertiary/aromatic N) is 1. The van der Waals surface area contributed by atoms with Crippen molar-refractivity contribution in [2.24, 2.45) is 0 Å². The number of pyridine rings is 1. The average molecular weight is 140 g/mol. The van der Waals surface area contributed by atoms with Gasteiger partial charge < -0.3 is 5.32 Å². The zero-order chi connectivity index (χ0) is 7.56. The Morgan fingerprint density at radius 2 is 2.30 bits per heavy atom. The predicted octanol–water partition coefficient (Wildman–Crippen LogP) is 1.57. The van der Waals surface area contributed by atoms with E-state index in [1.54, 1.807) is 26.2 Å². The van der Waals surface area contributed by atoms with E-state index >= 15 is 0 Å². The zero-order valence-electron chi connectivity index (χ0n) is 5.98. The van der Waals surface area contributed by atoms with Gasteiger partial charge in [0.05, 0.1) is 0 Å². The van der Waals surface area contributed by atoms with Crippen LogP contribution in [0, 0.1) is 12.7 Å². The molecular formula is C7H9FN2. The van der Waals surface area contributed by atoms with Crippen LogP contribution in [0.1, 0.15) is 5.56 Å². The molecular weight excluding hydrogens is 131 g/mol. The Labute approximate surface area is 59.1 Å². The smallest absolute Gasteiger partial charge is 0.168 e. The zero-order valence-corrected chi connectivity index (χ0v) is 5.98. The molecule has 3 heteroatoms. The summed E-state index contributed by atoms with van der Waals surface area (Å²) in [6.07, 6.45) is 1.57. The molecule has 1 aromatic rings. The number of aromatic nitrogens is 1. The summed E-state index contributed by atoms with van der Waals surface area (Å²) in [5.74, 6) is 0.0324. The Morgan fingerprint density at radius 3 is 2.80 bits per heavy atom. The quantitative estimate of drug-likeness (QED) is 0.640. The first-order chi connectivity index (χ1) is 4.75. The molecule has 0 aromatic carbocycles. The molecule has 0 aliphatic heterocycles. The maximum absolute atomic E-state index is 12.9. The van der Waals surface area contributed by atoms with Crippen LogP contribution in [0.15, 0.2) is 12.3 Å². The molecule has 10 heavy (non-hydrogen) atoms. The summed E-state index contributed by atoms with van der Waals surface area (Å²) in [4.78, 5) is 3.77. The highest BCUT2D eigenvalue weighted by molar-refractivity contribution is 5.38. The minimum absolute atomic E-state index is 0.273. The van der Waals surface area contributed by atoms with E-state index in [1.165, 1.54) is 0 Å². The highest BCUT2D eigenvalue weighted by atomic mass is 19.1. The lowest BCUT2D eigenvalue weighted by Gasteiger charge is -2.01. The van der Waals surface area contributed by atoms with E-state index in [0.717, 1.165) is 0 Å². The number of hydrogen-bond donors (Lipinski definition) is 1. The molecule has 0 unspecified atom stereocenters. The molecule has 0 atom stereocenters. The van der Waals surface area contributed by atoms with Crippen LogP contribution in [-0.2, 0) is 0 Å². The van der Waals surface area contributed by atoms with Gasteiger partial charge in [-0.1, -0.05) is 0 Å². The summed E-state index contributed by atoms with van der Waals surface area (Å²) in [6, 6.07) is 1.64. The van der Waals surface area contributed by atoms with Gasteiger partial charge in [-0.25, -0.2) is 9.37 Å². The fourth-order valence-electron chi connectivity index (χ4n) is 0.714. The number of aryl methyl sites for hydroxylation is 1. The minimum atomic E-state index is -0.273. The number of halogens is 1. The number of nitrogens with one attached hydrogen (secondary N) is 1. The molecule has 0 radical (unpaired) electrons. The van der Waals surface area contributed by atoms with E-state index in [9.17, 15) is 4.39 Å². The first-order valence-electron chi connectivity index (χ1n) is 3.04. The van der Waals surface area contributed by atoms with Crippen LogP contribution in [0.2, 0.25) is 0 Å². The summed E-state index contributed by atoms with van der Waals surface area (Å²) in [6.45, 7) is 1.71. The lowest BCUT2D eigenvalue weighted by atomic mass is 10.3. The minimum Gasteiger partial charge on any atom is -0.371 e. The second-order valence-corrected chi connectivity index (χ2v) is 2.04. The van der Waals surface area contributed by atoms with Gasteiger partial charge in [-0.3, -0.25) is 0 Å². The summed E-state index contributed by atoms with van der Waals surface area (Å²) in [5, 5.41) is 2.65. The van der Waals surface area contributed by atoms with Crippen LogP contribution < -0.4 is 5.32 Å². The van der Waals surface area contributed by atoms with E-state index in [4.69, 9.17) is 0 Å². The third kappa shape index (κ3) is 1.07. The van der Waals surface area contributed by atoms with Crippen LogP contribution >= 0.6 is 0 Å². The molecule has 0 spiro atoms. The van der Waals surface area contributed by atoms with Gasteiger partial charge in [0.2, 0.25) is 0 Å². The third-order valence-electron chi connectivity index (χ3n) is 1.32. The van der Waals surface area contributed by atoms with Gasteiger partial charge in [0, 0.05) is 13.2 Å². The van der Waals surface area contributed by atoms with Crippen LogP contribution in [0.4, 0.5) is 10.2 Å². The van der Waals surface area contributed by atoms with Crippen molar-refractivity contribution < 1.29 is 4.39 Å². The van der Waals surface area contributed by atoms with Crippen LogP contribution in [0.3, 0.4) is 0 Å². The van der Waals surface area contributed by atoms with Crippen LogP contribution in [0.25, 0.3) is 0 Å². The van der Waals surface area contributed by atoms with Crippen molar-refractivity contribution in [2.75, 3.05) is 12.4 Å². The van der Waals surface area contributed by atoms with Gasteiger partial charge in [-0.15, -0.1) is 0 Å². The van der Waals surface area contributed by atoms with Crippen LogP contribution in [-0.4, -0.2) is 12.0 Å². The predicted molar refractivity (Wildman–Crippen MR) is 38.5 cm³/mol. The molecule has 0 fully saturated rings. The van der Waals surface area contributed by atoms with E-state index < -0.39 is 0 Å². The number of rotatable bonds is 1. The Balaban J connectivity index is 3.14. The second-order valence-electron chi connectivity index (χ2n) is 2.04. The van der Waals surface area contributed by atoms with E-state index in [1.807, 2.05) is 0 Å². The molecule has 0 amide bonds. The Morgan fingerprint density at radius 1 is 1.60 bits per heavy atom. The summed E-state index contributed by atoms with van der Waals surface area (Å²) in [7, 11) is 1.64. The summed E-state index contributed by atoms with van der Waals surface area (Å²) >= 11 is 0. The fraction of sp³-hybridized carbons (Fsp3) is 0.286. The maximum atomic E-state index is 12.9. The van der Waals surface area contributed by atoms with E-state index in [0.29, 0.717) is 11.4 Å². The van der Waals surface area contributed by atoms with Crippen molar-refractivity contribution in [2.45, 2.75) is 6.92 Å². The number of anilines is 1. The molecule has 0 aliphatic carbocycles. The third-order valence-corrected chi connectivity index (χ3v) is 1.32. The molecule has 1 heterocycles. The Kier molecular flexibility index (Phi) is 1.85. The molecule has 0 saturated carbocycles. The van der Waals surface area contributed by atoms with Crippen molar-refractivity contribution in [3.63, 3.8) is 0 Å². The van der Waals surface area contributed by atoms with Gasteiger partial charge in [0.25, 0.3) is 0 Å². The topological polar surface area (TPSA) is 24.9 Å². The Hall–Kier alpha value is -1.12. The van der Waals surface area contributed by atoms with Crippen LogP contribution in [0.5, 0.6) is 0 Å². The normalized spacial score (nSPS) is 9.50. The fourth-order valence-corrected chi connectivity index (χ4v) is 0.714. The van der Waals surface area contributed by atoms with Gasteiger partial charge >= 0.3 is 0 Å². The standard InChI is InChI=1S/C7H9FN2/c1-5-3-4-10-7(9-2)6(5)8/h3-4H,1-2H3,(H,9,10). The highest BCUT2D eigenvalue weighted by Gasteiger charge is 2.01. The van der Waals surface area contributed by atoms with Crippen molar-refractivity contribution in [1.82, 2.24) is 4.98 Å². The summed E-state index contributed by atoms with van der Waals surface area (Å²) in [5.41, 5.74) is 0.611. The first-order valence-corrected chi connectivity index (χ1v) is 3.04. The molecule has 1 N–H and O–H groups in total. The molecule has 2 nitrogen and oxygen atoms in total. The molecule has 1 rings (SSSR count). The second kappa shape index (κ2) is 2.64. The molecule has 1 aromatic heterocycles. The van der Waals surface area contributed by atoms with Crippen molar-refractivity contribution in [3.05, 3.63) is 23.6 Å². The lowest BCUT2D eigenvalue weighted by Crippen LogP contribution is -1.97. The van der Waals surface area contributed by atoms with Crippen molar-refractivity contribution >= 4 is 5.82 Å². The monoisotopic (exact) mass is 140 g/mol. The molecule has 0 aliphatic rings. The van der Waals surface area contributed by atoms with Crippen molar-refractivity contribution in [3.8, 4) is 0 Å². The van der Waals surface area contributed by atoms with E-state index in [2.05, 4.69) is 10.3 Å². The number of hydrogen-bond acceptors (Lipinski definition) is 2. The van der Waals surface area contributed by atoms with E-state index in [-0.39, 0.29) is 5.82 Å². The first kappa shape index (κ1) is 6.99. The Bertz CT molecular complexity index is 235. The SMILES string of the molecule is CNc1nccc(C)c1F. The molecule has 0 saturated heterocycles.